The Morgan fingerprint density at radius 2 is 1.95 bits per heavy atom. The molecular formula is C17H21N4S+. The van der Waals surface area contributed by atoms with E-state index in [0.29, 0.717) is 0 Å². The van der Waals surface area contributed by atoms with Gasteiger partial charge in [0, 0.05) is 5.39 Å². The summed E-state index contributed by atoms with van der Waals surface area (Å²) in [7, 11) is 0. The molecule has 22 heavy (non-hydrogen) atoms. The maximum Gasteiger partial charge on any atom is 0.207 e. The van der Waals surface area contributed by atoms with E-state index in [1.807, 2.05) is 4.68 Å². The molecule has 4 rings (SSSR count). The lowest BCUT2D eigenvalue weighted by molar-refractivity contribution is -0.928. The number of para-hydroxylation sites is 1. The van der Waals surface area contributed by atoms with Crippen LogP contribution in [0.2, 0.25) is 0 Å². The number of aryl methyl sites for hydroxylation is 1. The van der Waals surface area contributed by atoms with Crippen LogP contribution in [0.3, 0.4) is 0 Å². The van der Waals surface area contributed by atoms with Crippen molar-refractivity contribution < 1.29 is 4.90 Å². The molecule has 3 aromatic rings. The molecule has 5 heteroatoms. The van der Waals surface area contributed by atoms with Crippen LogP contribution in [0.4, 0.5) is 0 Å². The maximum atomic E-state index is 5.72. The summed E-state index contributed by atoms with van der Waals surface area (Å²) in [6.45, 7) is 5.49. The summed E-state index contributed by atoms with van der Waals surface area (Å²) in [5, 5.41) is 6.02. The van der Waals surface area contributed by atoms with Crippen LogP contribution < -0.4 is 4.90 Å². The summed E-state index contributed by atoms with van der Waals surface area (Å²) in [5.41, 5.74) is 3.36. The molecule has 1 aromatic carbocycles. The van der Waals surface area contributed by atoms with Crippen molar-refractivity contribution in [2.75, 3.05) is 13.1 Å². The van der Waals surface area contributed by atoms with Crippen LogP contribution in [0.1, 0.15) is 24.8 Å². The molecule has 4 nitrogen and oxygen atoms in total. The van der Waals surface area contributed by atoms with Crippen LogP contribution >= 0.6 is 12.2 Å². The van der Waals surface area contributed by atoms with Gasteiger partial charge in [-0.1, -0.05) is 18.2 Å². The average Bonchev–Trinajstić information content (AvgIpc) is 2.85. The number of aromatic nitrogens is 3. The number of quaternary nitrogens is 1. The minimum atomic E-state index is 0.810. The van der Waals surface area contributed by atoms with Gasteiger partial charge in [0.05, 0.1) is 18.6 Å². The maximum absolute atomic E-state index is 5.72. The molecule has 0 bridgehead atoms. The summed E-state index contributed by atoms with van der Waals surface area (Å²) >= 11 is 5.72. The van der Waals surface area contributed by atoms with Crippen LogP contribution in [0.15, 0.2) is 30.3 Å². The molecule has 114 valence electrons. The van der Waals surface area contributed by atoms with Crippen molar-refractivity contribution in [1.29, 1.82) is 0 Å². The highest BCUT2D eigenvalue weighted by atomic mass is 32.1. The fraction of sp³-hybridized carbons (Fsp3) is 0.412. The molecule has 1 fully saturated rings. The third-order valence-electron chi connectivity index (χ3n) is 4.71. The summed E-state index contributed by atoms with van der Waals surface area (Å²) in [4.78, 5) is 1.59. The van der Waals surface area contributed by atoms with E-state index in [0.717, 1.165) is 22.6 Å². The molecule has 0 unspecified atom stereocenters. The summed E-state index contributed by atoms with van der Waals surface area (Å²) in [5.74, 6) is 0. The van der Waals surface area contributed by atoms with Gasteiger partial charge >= 0.3 is 0 Å². The SMILES string of the molecule is Cc1cc2nn(C[NH+]3CCCCC3)c(=S)n2c2ccccc12. The van der Waals surface area contributed by atoms with Gasteiger partial charge in [-0.3, -0.25) is 4.40 Å². The minimum absolute atomic E-state index is 0.810. The predicted molar refractivity (Wildman–Crippen MR) is 90.8 cm³/mol. The van der Waals surface area contributed by atoms with Crippen molar-refractivity contribution in [3.8, 4) is 0 Å². The minimum Gasteiger partial charge on any atom is -0.316 e. The zero-order chi connectivity index (χ0) is 15.1. The van der Waals surface area contributed by atoms with Gasteiger partial charge in [-0.2, -0.15) is 4.68 Å². The van der Waals surface area contributed by atoms with E-state index in [1.54, 1.807) is 4.90 Å². The van der Waals surface area contributed by atoms with Gasteiger partial charge < -0.3 is 4.90 Å². The van der Waals surface area contributed by atoms with E-state index in [1.165, 1.54) is 43.3 Å². The molecule has 2 aromatic heterocycles. The lowest BCUT2D eigenvalue weighted by atomic mass is 10.1. The number of fused-ring (bicyclic) bond motifs is 3. The van der Waals surface area contributed by atoms with Gasteiger partial charge in [0.15, 0.2) is 12.3 Å². The predicted octanol–water partition coefficient (Wildman–Crippen LogP) is 2.35. The first-order valence-corrected chi connectivity index (χ1v) is 8.46. The molecule has 3 heterocycles. The summed E-state index contributed by atoms with van der Waals surface area (Å²) in [6, 6.07) is 10.6. The van der Waals surface area contributed by atoms with Crippen LogP contribution in [0.25, 0.3) is 16.6 Å². The first-order chi connectivity index (χ1) is 10.7. The first kappa shape index (κ1) is 13.9. The molecule has 0 amide bonds. The Morgan fingerprint density at radius 3 is 2.77 bits per heavy atom. The second-order valence-electron chi connectivity index (χ2n) is 6.29. The molecule has 0 spiro atoms. The van der Waals surface area contributed by atoms with Gasteiger partial charge in [0.2, 0.25) is 4.77 Å². The molecule has 1 aliphatic heterocycles. The fourth-order valence-electron chi connectivity index (χ4n) is 3.54. The lowest BCUT2D eigenvalue weighted by Crippen LogP contribution is -3.12. The monoisotopic (exact) mass is 313 g/mol. The van der Waals surface area contributed by atoms with E-state index in [4.69, 9.17) is 17.3 Å². The van der Waals surface area contributed by atoms with Crippen molar-refractivity contribution in [2.45, 2.75) is 32.9 Å². The standard InChI is InChI=1S/C17H20N4S/c1-13-11-16-18-20(12-19-9-5-2-6-10-19)17(22)21(16)15-8-4-3-7-14(13)15/h3-4,7-8,11H,2,5-6,9-10,12H2,1H3/p+1. The number of hydrogen-bond donors (Lipinski definition) is 1. The Hall–Kier alpha value is -1.72. The van der Waals surface area contributed by atoms with Crippen LogP contribution in [-0.2, 0) is 6.67 Å². The summed E-state index contributed by atoms with van der Waals surface area (Å²) in [6.07, 6.45) is 4.00. The van der Waals surface area contributed by atoms with Gasteiger partial charge in [0.25, 0.3) is 0 Å². The van der Waals surface area contributed by atoms with E-state index >= 15 is 0 Å². The molecule has 0 saturated carbocycles. The Bertz CT molecular complexity index is 887. The zero-order valence-corrected chi connectivity index (χ0v) is 13.7. The van der Waals surface area contributed by atoms with Gasteiger partial charge in [0.1, 0.15) is 0 Å². The smallest absolute Gasteiger partial charge is 0.207 e. The highest BCUT2D eigenvalue weighted by molar-refractivity contribution is 7.71. The van der Waals surface area contributed by atoms with E-state index in [-0.39, 0.29) is 0 Å². The van der Waals surface area contributed by atoms with E-state index in [9.17, 15) is 0 Å². The van der Waals surface area contributed by atoms with Crippen LogP contribution in [0.5, 0.6) is 0 Å². The Morgan fingerprint density at radius 1 is 1.18 bits per heavy atom. The highest BCUT2D eigenvalue weighted by Gasteiger charge is 2.16. The number of pyridine rings is 1. The Balaban J connectivity index is 1.86. The normalized spacial score (nSPS) is 16.6. The van der Waals surface area contributed by atoms with Gasteiger partial charge in [-0.05, 0) is 56.1 Å². The second kappa shape index (κ2) is 5.48. The molecule has 1 N–H and O–H groups in total. The third-order valence-corrected chi connectivity index (χ3v) is 5.11. The molecule has 1 saturated heterocycles. The van der Waals surface area contributed by atoms with Crippen molar-refractivity contribution in [1.82, 2.24) is 14.2 Å². The Kier molecular flexibility index (Phi) is 3.47. The van der Waals surface area contributed by atoms with Gasteiger partial charge in [-0.15, -0.1) is 5.10 Å². The topological polar surface area (TPSA) is 26.7 Å². The third kappa shape index (κ3) is 2.25. The molecule has 1 aliphatic rings. The summed E-state index contributed by atoms with van der Waals surface area (Å²) < 4.78 is 4.93. The quantitative estimate of drug-likeness (QED) is 0.735. The second-order valence-corrected chi connectivity index (χ2v) is 6.65. The fourth-order valence-corrected chi connectivity index (χ4v) is 3.84. The zero-order valence-electron chi connectivity index (χ0n) is 12.9. The number of hydrogen-bond acceptors (Lipinski definition) is 2. The first-order valence-electron chi connectivity index (χ1n) is 8.05. The van der Waals surface area contributed by atoms with Crippen LogP contribution in [-0.4, -0.2) is 27.3 Å². The van der Waals surface area contributed by atoms with E-state index in [2.05, 4.69) is 41.7 Å². The largest absolute Gasteiger partial charge is 0.316 e. The Labute approximate surface area is 135 Å². The van der Waals surface area contributed by atoms with Crippen molar-refractivity contribution in [3.05, 3.63) is 40.7 Å². The lowest BCUT2D eigenvalue weighted by Gasteiger charge is -2.22. The van der Waals surface area contributed by atoms with Crippen molar-refractivity contribution >= 4 is 28.8 Å². The van der Waals surface area contributed by atoms with E-state index < -0.39 is 0 Å². The number of nitrogens with zero attached hydrogens (tertiary/aromatic N) is 3. The number of likely N-dealkylation sites (tertiary alicyclic amines) is 1. The number of nitrogens with one attached hydrogen (secondary N) is 1. The molecule has 0 atom stereocenters. The molecule has 0 aliphatic carbocycles. The number of rotatable bonds is 2. The van der Waals surface area contributed by atoms with Crippen LogP contribution in [0, 0.1) is 11.7 Å². The van der Waals surface area contributed by atoms with Crippen molar-refractivity contribution in [3.63, 3.8) is 0 Å². The average molecular weight is 313 g/mol. The van der Waals surface area contributed by atoms with Crippen molar-refractivity contribution in [2.24, 2.45) is 0 Å². The number of piperidine rings is 1. The molecular weight excluding hydrogens is 292 g/mol. The van der Waals surface area contributed by atoms with Gasteiger partial charge in [-0.25, -0.2) is 0 Å². The number of benzene rings is 1. The highest BCUT2D eigenvalue weighted by Crippen LogP contribution is 2.21. The molecule has 0 radical (unpaired) electrons.